The topological polar surface area (TPSA) is 78.0 Å². The molecule has 24 heavy (non-hydrogen) atoms. The molecule has 7 heteroatoms. The molecule has 126 valence electrons. The zero-order chi connectivity index (χ0) is 17.1. The third-order valence-electron chi connectivity index (χ3n) is 3.64. The summed E-state index contributed by atoms with van der Waals surface area (Å²) >= 11 is 0. The number of nitrogens with zero attached hydrogens (tertiary/aromatic N) is 4. The average molecular weight is 327 g/mol. The molecule has 3 rings (SSSR count). The van der Waals surface area contributed by atoms with E-state index in [1.165, 1.54) is 0 Å². The Morgan fingerprint density at radius 2 is 2.00 bits per heavy atom. The Morgan fingerprint density at radius 3 is 2.54 bits per heavy atom. The molecule has 0 amide bonds. The highest BCUT2D eigenvalue weighted by Gasteiger charge is 2.16. The quantitative estimate of drug-likeness (QED) is 0.750. The van der Waals surface area contributed by atoms with Crippen molar-refractivity contribution in [1.29, 1.82) is 0 Å². The minimum atomic E-state index is -0.127. The predicted octanol–water partition coefficient (Wildman–Crippen LogP) is 2.98. The summed E-state index contributed by atoms with van der Waals surface area (Å²) in [5, 5.41) is 16.2. The van der Waals surface area contributed by atoms with E-state index in [-0.39, 0.29) is 6.04 Å². The van der Waals surface area contributed by atoms with Gasteiger partial charge in [0.25, 0.3) is 0 Å². The summed E-state index contributed by atoms with van der Waals surface area (Å²) in [4.78, 5) is 0. The van der Waals surface area contributed by atoms with E-state index >= 15 is 0 Å². The van der Waals surface area contributed by atoms with Gasteiger partial charge in [0.1, 0.15) is 23.4 Å². The van der Waals surface area contributed by atoms with Crippen LogP contribution >= 0.6 is 0 Å². The number of aromatic nitrogens is 4. The van der Waals surface area contributed by atoms with Crippen molar-refractivity contribution in [3.8, 4) is 5.82 Å². The molecule has 0 bridgehead atoms. The van der Waals surface area contributed by atoms with Gasteiger partial charge in [-0.2, -0.15) is 5.10 Å². The largest absolute Gasteiger partial charge is 0.464 e. The first-order chi connectivity index (χ1) is 11.6. The van der Waals surface area contributed by atoms with Crippen molar-refractivity contribution in [2.45, 2.75) is 26.8 Å². The van der Waals surface area contributed by atoms with E-state index in [9.17, 15) is 0 Å². The Kier molecular flexibility index (Phi) is 4.61. The van der Waals surface area contributed by atoms with Gasteiger partial charge in [-0.1, -0.05) is 0 Å². The minimum Gasteiger partial charge on any atom is -0.464 e. The lowest BCUT2D eigenvalue weighted by Crippen LogP contribution is -2.17. The van der Waals surface area contributed by atoms with Gasteiger partial charge in [-0.05, 0) is 51.1 Å². The molecule has 0 aromatic carbocycles. The van der Waals surface area contributed by atoms with Crippen LogP contribution in [0.25, 0.3) is 5.82 Å². The van der Waals surface area contributed by atoms with Crippen LogP contribution in [0.1, 0.15) is 29.0 Å². The summed E-state index contributed by atoms with van der Waals surface area (Å²) in [6.07, 6.45) is 0. The molecule has 1 atom stereocenters. The maximum absolute atomic E-state index is 5.68. The summed E-state index contributed by atoms with van der Waals surface area (Å²) in [6, 6.07) is 9.49. The first kappa shape index (κ1) is 16.2. The van der Waals surface area contributed by atoms with Crippen molar-refractivity contribution in [2.75, 3.05) is 19.0 Å². The molecule has 0 radical (unpaired) electrons. The molecule has 0 fully saturated rings. The fourth-order valence-electron chi connectivity index (χ4n) is 2.56. The van der Waals surface area contributed by atoms with Gasteiger partial charge in [-0.25, -0.2) is 4.68 Å². The average Bonchev–Trinajstić information content (AvgIpc) is 3.13. The van der Waals surface area contributed by atoms with Crippen molar-refractivity contribution in [3.63, 3.8) is 0 Å². The van der Waals surface area contributed by atoms with Gasteiger partial charge >= 0.3 is 0 Å². The Balaban J connectivity index is 1.78. The number of furan rings is 1. The van der Waals surface area contributed by atoms with Crippen LogP contribution in [0.5, 0.6) is 0 Å². The van der Waals surface area contributed by atoms with E-state index < -0.39 is 0 Å². The number of hydrogen-bond donors (Lipinski definition) is 1. The zero-order valence-electron chi connectivity index (χ0n) is 14.3. The molecule has 3 aromatic heterocycles. The van der Waals surface area contributed by atoms with Gasteiger partial charge in [-0.3, -0.25) is 0 Å². The summed E-state index contributed by atoms with van der Waals surface area (Å²) in [7, 11) is 1.65. The first-order valence-electron chi connectivity index (χ1n) is 7.76. The van der Waals surface area contributed by atoms with E-state index in [1.807, 2.05) is 51.1 Å². The number of rotatable bonds is 6. The Morgan fingerprint density at radius 1 is 1.17 bits per heavy atom. The van der Waals surface area contributed by atoms with Crippen molar-refractivity contribution in [1.82, 2.24) is 20.0 Å². The van der Waals surface area contributed by atoms with Crippen molar-refractivity contribution in [2.24, 2.45) is 0 Å². The van der Waals surface area contributed by atoms with Crippen LogP contribution in [0.3, 0.4) is 0 Å². The summed E-state index contributed by atoms with van der Waals surface area (Å²) in [5.41, 5.74) is 1.97. The van der Waals surface area contributed by atoms with Gasteiger partial charge in [0.2, 0.25) is 0 Å². The van der Waals surface area contributed by atoms with Crippen LogP contribution in [0.15, 0.2) is 34.7 Å². The fraction of sp³-hybridized carbons (Fsp3) is 0.353. The van der Waals surface area contributed by atoms with Crippen LogP contribution < -0.4 is 5.32 Å². The van der Waals surface area contributed by atoms with E-state index in [0.717, 1.165) is 22.9 Å². The molecule has 0 saturated heterocycles. The van der Waals surface area contributed by atoms with Crippen molar-refractivity contribution in [3.05, 3.63) is 53.2 Å². The summed E-state index contributed by atoms with van der Waals surface area (Å²) < 4.78 is 12.7. The number of anilines is 1. The van der Waals surface area contributed by atoms with Crippen LogP contribution in [-0.2, 0) is 4.74 Å². The second-order valence-corrected chi connectivity index (χ2v) is 5.72. The van der Waals surface area contributed by atoms with E-state index in [0.29, 0.717) is 18.2 Å². The SMILES string of the molecule is COC[C@@H](Nc1ccc(-n2nc(C)cc2C)nn1)c1ccc(C)o1. The normalized spacial score (nSPS) is 12.3. The molecule has 3 heterocycles. The molecular formula is C17H21N5O2. The van der Waals surface area contributed by atoms with Gasteiger partial charge < -0.3 is 14.5 Å². The van der Waals surface area contributed by atoms with E-state index in [4.69, 9.17) is 9.15 Å². The molecule has 0 unspecified atom stereocenters. The number of nitrogens with one attached hydrogen (secondary N) is 1. The van der Waals surface area contributed by atoms with Gasteiger partial charge in [0.15, 0.2) is 5.82 Å². The smallest absolute Gasteiger partial charge is 0.176 e. The Bertz CT molecular complexity index is 807. The Labute approximate surface area is 140 Å². The molecule has 3 aromatic rings. The van der Waals surface area contributed by atoms with E-state index in [2.05, 4.69) is 20.6 Å². The van der Waals surface area contributed by atoms with Crippen molar-refractivity contribution >= 4 is 5.82 Å². The number of aryl methyl sites for hydroxylation is 3. The van der Waals surface area contributed by atoms with Crippen LogP contribution in [-0.4, -0.2) is 33.7 Å². The molecule has 0 aliphatic carbocycles. The second kappa shape index (κ2) is 6.84. The van der Waals surface area contributed by atoms with Gasteiger partial charge in [0, 0.05) is 12.8 Å². The number of methoxy groups -OCH3 is 1. The lowest BCUT2D eigenvalue weighted by molar-refractivity contribution is 0.178. The molecule has 0 aliphatic rings. The summed E-state index contributed by atoms with van der Waals surface area (Å²) in [5.74, 6) is 3.00. The molecular weight excluding hydrogens is 306 g/mol. The standard InChI is InChI=1S/C17H21N5O2/c1-11-9-12(2)22(21-11)17-8-7-16(19-20-17)18-14(10-23-4)15-6-5-13(3)24-15/h5-9,14H,10H2,1-4H3,(H,18,19)/t14-/m1/s1. The molecule has 0 aliphatic heterocycles. The number of ether oxygens (including phenoxy) is 1. The third-order valence-corrected chi connectivity index (χ3v) is 3.64. The first-order valence-corrected chi connectivity index (χ1v) is 7.76. The monoisotopic (exact) mass is 327 g/mol. The summed E-state index contributed by atoms with van der Waals surface area (Å²) in [6.45, 7) is 6.32. The Hall–Kier alpha value is -2.67. The maximum Gasteiger partial charge on any atom is 0.176 e. The molecule has 0 spiro atoms. The maximum atomic E-state index is 5.68. The molecule has 0 saturated carbocycles. The highest BCUT2D eigenvalue weighted by molar-refractivity contribution is 5.39. The second-order valence-electron chi connectivity index (χ2n) is 5.72. The van der Waals surface area contributed by atoms with Crippen LogP contribution in [0.4, 0.5) is 5.82 Å². The lowest BCUT2D eigenvalue weighted by Gasteiger charge is -2.16. The van der Waals surface area contributed by atoms with Crippen molar-refractivity contribution < 1.29 is 9.15 Å². The van der Waals surface area contributed by atoms with Crippen LogP contribution in [0.2, 0.25) is 0 Å². The predicted molar refractivity (Wildman–Crippen MR) is 90.3 cm³/mol. The lowest BCUT2D eigenvalue weighted by atomic mass is 10.2. The third kappa shape index (κ3) is 3.46. The minimum absolute atomic E-state index is 0.127. The van der Waals surface area contributed by atoms with E-state index in [1.54, 1.807) is 11.8 Å². The highest BCUT2D eigenvalue weighted by Crippen LogP contribution is 2.21. The zero-order valence-corrected chi connectivity index (χ0v) is 14.3. The van der Waals surface area contributed by atoms with Crippen LogP contribution in [0, 0.1) is 20.8 Å². The van der Waals surface area contributed by atoms with Gasteiger partial charge in [0.05, 0.1) is 12.3 Å². The molecule has 1 N–H and O–H groups in total. The number of hydrogen-bond acceptors (Lipinski definition) is 6. The van der Waals surface area contributed by atoms with Gasteiger partial charge in [-0.15, -0.1) is 10.2 Å². The molecule has 7 nitrogen and oxygen atoms in total. The fourth-order valence-corrected chi connectivity index (χ4v) is 2.56. The highest BCUT2D eigenvalue weighted by atomic mass is 16.5.